The molecule has 1 aromatic carbocycles. The van der Waals surface area contributed by atoms with Gasteiger partial charge < -0.3 is 0 Å². The summed E-state index contributed by atoms with van der Waals surface area (Å²) in [7, 11) is 0. The molecule has 1 fully saturated rings. The number of nitrogens with zero attached hydrogens (tertiary/aromatic N) is 2. The normalized spacial score (nSPS) is 24.6. The van der Waals surface area contributed by atoms with Crippen molar-refractivity contribution in [1.29, 1.82) is 0 Å². The maximum absolute atomic E-state index is 13.0. The SMILES string of the molecule is Fc1ccc(-c2nn3c(c2Br)CCC2CC23)cc1. The Morgan fingerprint density at radius 2 is 2.06 bits per heavy atom. The molecule has 92 valence electrons. The quantitative estimate of drug-likeness (QED) is 0.780. The van der Waals surface area contributed by atoms with Gasteiger partial charge in [0, 0.05) is 5.56 Å². The Balaban J connectivity index is 1.84. The molecule has 1 saturated carbocycles. The molecule has 2 nitrogen and oxygen atoms in total. The lowest BCUT2D eigenvalue weighted by molar-refractivity contribution is 0.493. The van der Waals surface area contributed by atoms with Gasteiger partial charge in [-0.15, -0.1) is 0 Å². The van der Waals surface area contributed by atoms with Crippen molar-refractivity contribution in [2.45, 2.75) is 25.3 Å². The minimum Gasteiger partial charge on any atom is -0.264 e. The predicted octanol–water partition coefficient (Wildman–Crippen LogP) is 3.96. The Kier molecular flexibility index (Phi) is 2.19. The van der Waals surface area contributed by atoms with Crippen LogP contribution in [-0.2, 0) is 6.42 Å². The Morgan fingerprint density at radius 1 is 1.28 bits per heavy atom. The number of hydrogen-bond donors (Lipinski definition) is 0. The van der Waals surface area contributed by atoms with Crippen LogP contribution in [0.25, 0.3) is 11.3 Å². The van der Waals surface area contributed by atoms with Crippen molar-refractivity contribution >= 4 is 15.9 Å². The van der Waals surface area contributed by atoms with Crippen LogP contribution in [0.1, 0.15) is 24.6 Å². The molecule has 0 spiro atoms. The van der Waals surface area contributed by atoms with Gasteiger partial charge >= 0.3 is 0 Å². The second kappa shape index (κ2) is 3.67. The molecule has 2 heterocycles. The second-order valence-electron chi connectivity index (χ2n) is 5.16. The highest BCUT2D eigenvalue weighted by molar-refractivity contribution is 9.10. The standard InChI is InChI=1S/C14H12BrFN2/c15-13-11-6-3-9-7-12(9)18(11)17-14(13)8-1-4-10(16)5-2-8/h1-2,4-5,9,12H,3,6-7H2. The van der Waals surface area contributed by atoms with Crippen molar-refractivity contribution in [2.24, 2.45) is 5.92 Å². The van der Waals surface area contributed by atoms with Crippen LogP contribution in [-0.4, -0.2) is 9.78 Å². The smallest absolute Gasteiger partial charge is 0.123 e. The van der Waals surface area contributed by atoms with Crippen molar-refractivity contribution in [1.82, 2.24) is 9.78 Å². The number of benzene rings is 1. The van der Waals surface area contributed by atoms with E-state index >= 15 is 0 Å². The first-order valence-corrected chi connectivity index (χ1v) is 7.06. The van der Waals surface area contributed by atoms with Crippen LogP contribution < -0.4 is 0 Å². The summed E-state index contributed by atoms with van der Waals surface area (Å²) in [4.78, 5) is 0. The third-order valence-corrected chi connectivity index (χ3v) is 4.85. The van der Waals surface area contributed by atoms with Crippen LogP contribution >= 0.6 is 15.9 Å². The summed E-state index contributed by atoms with van der Waals surface area (Å²) in [5.41, 5.74) is 3.22. The Bertz CT molecular complexity index is 617. The Labute approximate surface area is 113 Å². The molecular weight excluding hydrogens is 295 g/mol. The van der Waals surface area contributed by atoms with E-state index in [1.165, 1.54) is 30.7 Å². The zero-order valence-electron chi connectivity index (χ0n) is 9.74. The fraction of sp³-hybridized carbons (Fsp3) is 0.357. The third-order valence-electron chi connectivity index (χ3n) is 4.01. The molecule has 0 N–H and O–H groups in total. The lowest BCUT2D eigenvalue weighted by Crippen LogP contribution is -2.09. The number of fused-ring (bicyclic) bond motifs is 3. The first-order valence-electron chi connectivity index (χ1n) is 6.27. The lowest BCUT2D eigenvalue weighted by Gasteiger charge is -2.12. The van der Waals surface area contributed by atoms with E-state index in [9.17, 15) is 4.39 Å². The zero-order valence-corrected chi connectivity index (χ0v) is 11.3. The van der Waals surface area contributed by atoms with Gasteiger partial charge in [0.25, 0.3) is 0 Å². The van der Waals surface area contributed by atoms with Crippen molar-refractivity contribution in [3.05, 3.63) is 40.2 Å². The van der Waals surface area contributed by atoms with Gasteiger partial charge in [0.1, 0.15) is 11.5 Å². The van der Waals surface area contributed by atoms with Gasteiger partial charge in [-0.1, -0.05) is 0 Å². The van der Waals surface area contributed by atoms with E-state index in [-0.39, 0.29) is 5.82 Å². The van der Waals surface area contributed by atoms with Gasteiger partial charge in [-0.3, -0.25) is 4.68 Å². The molecule has 4 heteroatoms. The molecule has 1 aliphatic heterocycles. The van der Waals surface area contributed by atoms with Crippen LogP contribution in [0.3, 0.4) is 0 Å². The average Bonchev–Trinajstić information content (AvgIpc) is 3.10. The highest BCUT2D eigenvalue weighted by atomic mass is 79.9. The fourth-order valence-electron chi connectivity index (χ4n) is 2.90. The van der Waals surface area contributed by atoms with Crippen LogP contribution in [0.4, 0.5) is 4.39 Å². The van der Waals surface area contributed by atoms with Gasteiger partial charge in [-0.05, 0) is 65.4 Å². The zero-order chi connectivity index (χ0) is 12.3. The van der Waals surface area contributed by atoms with Crippen molar-refractivity contribution in [3.8, 4) is 11.3 Å². The number of halogens is 2. The summed E-state index contributed by atoms with van der Waals surface area (Å²) in [6, 6.07) is 7.16. The first kappa shape index (κ1) is 10.7. The highest BCUT2D eigenvalue weighted by Gasteiger charge is 2.44. The van der Waals surface area contributed by atoms with Crippen LogP contribution in [0.2, 0.25) is 0 Å². The van der Waals surface area contributed by atoms with Gasteiger partial charge in [-0.25, -0.2) is 4.39 Å². The van der Waals surface area contributed by atoms with E-state index < -0.39 is 0 Å². The molecule has 0 saturated heterocycles. The average molecular weight is 307 g/mol. The molecule has 2 aromatic rings. The summed E-state index contributed by atoms with van der Waals surface area (Å²) >= 11 is 3.66. The molecule has 18 heavy (non-hydrogen) atoms. The summed E-state index contributed by atoms with van der Waals surface area (Å²) in [5.74, 6) is 0.631. The monoisotopic (exact) mass is 306 g/mol. The highest BCUT2D eigenvalue weighted by Crippen LogP contribution is 2.52. The molecule has 0 bridgehead atoms. The van der Waals surface area contributed by atoms with E-state index in [2.05, 4.69) is 20.6 Å². The maximum Gasteiger partial charge on any atom is 0.123 e. The van der Waals surface area contributed by atoms with E-state index in [4.69, 9.17) is 5.10 Å². The van der Waals surface area contributed by atoms with Crippen molar-refractivity contribution in [2.75, 3.05) is 0 Å². The number of rotatable bonds is 1. The van der Waals surface area contributed by atoms with Gasteiger partial charge in [-0.2, -0.15) is 5.10 Å². The van der Waals surface area contributed by atoms with Crippen LogP contribution in [0, 0.1) is 11.7 Å². The Hall–Kier alpha value is -1.16. The van der Waals surface area contributed by atoms with E-state index in [0.29, 0.717) is 6.04 Å². The molecule has 1 aliphatic carbocycles. The predicted molar refractivity (Wildman–Crippen MR) is 70.8 cm³/mol. The van der Waals surface area contributed by atoms with Gasteiger partial charge in [0.05, 0.1) is 16.2 Å². The number of aromatic nitrogens is 2. The number of hydrogen-bond acceptors (Lipinski definition) is 1. The molecular formula is C14H12BrFN2. The topological polar surface area (TPSA) is 17.8 Å². The molecule has 4 rings (SSSR count). The fourth-order valence-corrected chi connectivity index (χ4v) is 3.59. The van der Waals surface area contributed by atoms with Crippen LogP contribution in [0.5, 0.6) is 0 Å². The van der Waals surface area contributed by atoms with Crippen LogP contribution in [0.15, 0.2) is 28.7 Å². The summed E-state index contributed by atoms with van der Waals surface area (Å²) < 4.78 is 16.2. The molecule has 2 unspecified atom stereocenters. The molecule has 0 amide bonds. The summed E-state index contributed by atoms with van der Waals surface area (Å²) in [5, 5.41) is 4.72. The van der Waals surface area contributed by atoms with Crippen molar-refractivity contribution in [3.63, 3.8) is 0 Å². The largest absolute Gasteiger partial charge is 0.264 e. The minimum atomic E-state index is -0.207. The molecule has 1 aromatic heterocycles. The van der Waals surface area contributed by atoms with E-state index in [1.54, 1.807) is 12.1 Å². The van der Waals surface area contributed by atoms with E-state index in [1.807, 2.05) is 0 Å². The lowest BCUT2D eigenvalue weighted by atomic mass is 10.1. The van der Waals surface area contributed by atoms with Gasteiger partial charge in [0.2, 0.25) is 0 Å². The maximum atomic E-state index is 13.0. The van der Waals surface area contributed by atoms with E-state index in [0.717, 1.165) is 28.1 Å². The summed E-state index contributed by atoms with van der Waals surface area (Å²) in [6.45, 7) is 0. The summed E-state index contributed by atoms with van der Waals surface area (Å²) in [6.07, 6.45) is 3.64. The first-order chi connectivity index (χ1) is 8.74. The third kappa shape index (κ3) is 1.48. The minimum absolute atomic E-state index is 0.207. The van der Waals surface area contributed by atoms with Gasteiger partial charge in [0.15, 0.2) is 0 Å². The molecule has 2 atom stereocenters. The molecule has 2 aliphatic rings. The molecule has 0 radical (unpaired) electrons. The second-order valence-corrected chi connectivity index (χ2v) is 5.96. The van der Waals surface area contributed by atoms with Crippen molar-refractivity contribution < 1.29 is 4.39 Å². The Morgan fingerprint density at radius 3 is 2.83 bits per heavy atom.